The van der Waals surface area contributed by atoms with Crippen LogP contribution >= 0.6 is 0 Å². The molecule has 0 bridgehead atoms. The Morgan fingerprint density at radius 2 is 1.81 bits per heavy atom. The van der Waals surface area contributed by atoms with Crippen molar-refractivity contribution in [3.05, 3.63) is 0 Å². The first-order valence-corrected chi connectivity index (χ1v) is 7.56. The van der Waals surface area contributed by atoms with Crippen LogP contribution in [0.25, 0.3) is 0 Å². The maximum Gasteiger partial charge on any atom is 0.00980 e. The van der Waals surface area contributed by atoms with Crippen LogP contribution in [0.15, 0.2) is 0 Å². The summed E-state index contributed by atoms with van der Waals surface area (Å²) in [7, 11) is 0. The fourth-order valence-corrected chi connectivity index (χ4v) is 3.33. The van der Waals surface area contributed by atoms with Crippen LogP contribution in [0.3, 0.4) is 0 Å². The van der Waals surface area contributed by atoms with Gasteiger partial charge in [-0.15, -0.1) is 0 Å². The Bertz CT molecular complexity index is 198. The van der Waals surface area contributed by atoms with E-state index in [4.69, 9.17) is 0 Å². The van der Waals surface area contributed by atoms with Gasteiger partial charge in [0, 0.05) is 6.04 Å². The first-order valence-electron chi connectivity index (χ1n) is 7.56. The fourth-order valence-electron chi connectivity index (χ4n) is 3.33. The van der Waals surface area contributed by atoms with Crippen LogP contribution in [0.2, 0.25) is 0 Å². The maximum atomic E-state index is 3.83. The second-order valence-electron chi connectivity index (χ2n) is 6.09. The quantitative estimate of drug-likeness (QED) is 0.688. The zero-order chi connectivity index (χ0) is 11.4. The van der Waals surface area contributed by atoms with Crippen molar-refractivity contribution in [2.45, 2.75) is 71.3 Å². The van der Waals surface area contributed by atoms with Crippen LogP contribution in [-0.4, -0.2) is 12.6 Å². The van der Waals surface area contributed by atoms with Crippen LogP contribution in [0.5, 0.6) is 0 Å². The molecule has 0 heterocycles. The first-order chi connectivity index (χ1) is 7.83. The van der Waals surface area contributed by atoms with Crippen LogP contribution in [0, 0.1) is 17.8 Å². The number of rotatable bonds is 7. The minimum absolute atomic E-state index is 0.851. The van der Waals surface area contributed by atoms with E-state index < -0.39 is 0 Å². The summed E-state index contributed by atoms with van der Waals surface area (Å²) in [6.45, 7) is 5.87. The average Bonchev–Trinajstić information content (AvgIpc) is 2.99. The van der Waals surface area contributed by atoms with Gasteiger partial charge in [-0.25, -0.2) is 0 Å². The highest BCUT2D eigenvalue weighted by molar-refractivity contribution is 4.88. The van der Waals surface area contributed by atoms with E-state index in [1.807, 2.05) is 0 Å². The molecule has 3 atom stereocenters. The number of hydrogen-bond acceptors (Lipinski definition) is 1. The van der Waals surface area contributed by atoms with Crippen molar-refractivity contribution in [2.75, 3.05) is 6.54 Å². The van der Waals surface area contributed by atoms with E-state index in [9.17, 15) is 0 Å². The molecule has 1 nitrogen and oxygen atoms in total. The minimum atomic E-state index is 0.851. The molecule has 0 amide bonds. The van der Waals surface area contributed by atoms with Gasteiger partial charge >= 0.3 is 0 Å². The van der Waals surface area contributed by atoms with Gasteiger partial charge in [-0.2, -0.15) is 0 Å². The molecular formula is C15H29N. The molecule has 3 unspecified atom stereocenters. The Kier molecular flexibility index (Phi) is 4.69. The molecule has 94 valence electrons. The summed E-state index contributed by atoms with van der Waals surface area (Å²) in [4.78, 5) is 0. The zero-order valence-corrected chi connectivity index (χ0v) is 11.2. The van der Waals surface area contributed by atoms with Crippen molar-refractivity contribution in [3.63, 3.8) is 0 Å². The normalized spacial score (nSPS) is 31.9. The Hall–Kier alpha value is -0.0400. The van der Waals surface area contributed by atoms with Crippen molar-refractivity contribution in [1.82, 2.24) is 5.32 Å². The zero-order valence-electron chi connectivity index (χ0n) is 11.2. The highest BCUT2D eigenvalue weighted by Gasteiger charge is 2.33. The van der Waals surface area contributed by atoms with Gasteiger partial charge in [0.15, 0.2) is 0 Å². The van der Waals surface area contributed by atoms with E-state index >= 15 is 0 Å². The van der Waals surface area contributed by atoms with E-state index in [0.29, 0.717) is 0 Å². The van der Waals surface area contributed by atoms with Gasteiger partial charge in [-0.3, -0.25) is 0 Å². The lowest BCUT2D eigenvalue weighted by molar-refractivity contribution is 0.318. The molecule has 1 heteroatoms. The molecule has 2 fully saturated rings. The predicted molar refractivity (Wildman–Crippen MR) is 70.5 cm³/mol. The van der Waals surface area contributed by atoms with E-state index in [-0.39, 0.29) is 0 Å². The number of hydrogen-bond donors (Lipinski definition) is 1. The summed E-state index contributed by atoms with van der Waals surface area (Å²) < 4.78 is 0. The van der Waals surface area contributed by atoms with E-state index in [0.717, 1.165) is 23.8 Å². The third kappa shape index (κ3) is 3.48. The Labute approximate surface area is 101 Å². The standard InChI is InChI=1S/C15H29N/c1-3-9-16-15(11-13-5-6-13)14-8-7-12(4-2)10-14/h12-16H,3-11H2,1-2H3. The SMILES string of the molecule is CCCNC(CC1CC1)C1CCC(CC)C1. The Balaban J connectivity index is 1.79. The average molecular weight is 223 g/mol. The van der Waals surface area contributed by atoms with Gasteiger partial charge in [0.1, 0.15) is 0 Å². The summed E-state index contributed by atoms with van der Waals surface area (Å²) in [6, 6.07) is 0.851. The van der Waals surface area contributed by atoms with Gasteiger partial charge in [0.25, 0.3) is 0 Å². The molecule has 2 aliphatic carbocycles. The third-order valence-electron chi connectivity index (χ3n) is 4.67. The maximum absolute atomic E-state index is 3.83. The van der Waals surface area contributed by atoms with Gasteiger partial charge in [0.2, 0.25) is 0 Å². The van der Waals surface area contributed by atoms with Gasteiger partial charge in [-0.1, -0.05) is 39.5 Å². The summed E-state index contributed by atoms with van der Waals surface area (Å²) >= 11 is 0. The Morgan fingerprint density at radius 3 is 2.38 bits per heavy atom. The molecule has 0 radical (unpaired) electrons. The fraction of sp³-hybridized carbons (Fsp3) is 1.00. The monoisotopic (exact) mass is 223 g/mol. The van der Waals surface area contributed by atoms with Gasteiger partial charge in [-0.05, 0) is 50.0 Å². The molecule has 1 N–H and O–H groups in total. The summed E-state index contributed by atoms with van der Waals surface area (Å²) in [5.41, 5.74) is 0. The lowest BCUT2D eigenvalue weighted by Crippen LogP contribution is -2.36. The minimum Gasteiger partial charge on any atom is -0.314 e. The van der Waals surface area contributed by atoms with Crippen molar-refractivity contribution >= 4 is 0 Å². The molecule has 2 saturated carbocycles. The highest BCUT2D eigenvalue weighted by atomic mass is 14.9. The summed E-state index contributed by atoms with van der Waals surface area (Å²) in [5, 5.41) is 3.83. The molecule has 2 rings (SSSR count). The van der Waals surface area contributed by atoms with E-state index in [1.54, 1.807) is 0 Å². The smallest absolute Gasteiger partial charge is 0.00980 e. The molecule has 0 aliphatic heterocycles. The van der Waals surface area contributed by atoms with Crippen LogP contribution < -0.4 is 5.32 Å². The second kappa shape index (κ2) is 6.05. The highest BCUT2D eigenvalue weighted by Crippen LogP contribution is 2.40. The summed E-state index contributed by atoms with van der Waals surface area (Å²) in [6.07, 6.45) is 11.7. The number of nitrogens with one attached hydrogen (secondary N) is 1. The van der Waals surface area contributed by atoms with Gasteiger partial charge in [0.05, 0.1) is 0 Å². The van der Waals surface area contributed by atoms with Crippen molar-refractivity contribution in [3.8, 4) is 0 Å². The molecule has 0 aromatic heterocycles. The molecular weight excluding hydrogens is 194 g/mol. The van der Waals surface area contributed by atoms with E-state index in [1.165, 1.54) is 57.9 Å². The molecule has 0 aromatic rings. The summed E-state index contributed by atoms with van der Waals surface area (Å²) in [5.74, 6) is 3.11. The van der Waals surface area contributed by atoms with Crippen LogP contribution in [-0.2, 0) is 0 Å². The largest absolute Gasteiger partial charge is 0.314 e. The topological polar surface area (TPSA) is 12.0 Å². The van der Waals surface area contributed by atoms with Crippen LogP contribution in [0.1, 0.15) is 65.2 Å². The lowest BCUT2D eigenvalue weighted by atomic mass is 9.92. The second-order valence-corrected chi connectivity index (χ2v) is 6.09. The first kappa shape index (κ1) is 12.4. The predicted octanol–water partition coefficient (Wildman–Crippen LogP) is 3.98. The van der Waals surface area contributed by atoms with Crippen molar-refractivity contribution in [2.24, 2.45) is 17.8 Å². The molecule has 0 aromatic carbocycles. The third-order valence-corrected chi connectivity index (χ3v) is 4.67. The van der Waals surface area contributed by atoms with Crippen molar-refractivity contribution in [1.29, 1.82) is 0 Å². The van der Waals surface area contributed by atoms with Gasteiger partial charge < -0.3 is 5.32 Å². The van der Waals surface area contributed by atoms with Crippen LogP contribution in [0.4, 0.5) is 0 Å². The molecule has 0 saturated heterocycles. The molecule has 16 heavy (non-hydrogen) atoms. The Morgan fingerprint density at radius 1 is 1.06 bits per heavy atom. The lowest BCUT2D eigenvalue weighted by Gasteiger charge is -2.25. The van der Waals surface area contributed by atoms with Crippen molar-refractivity contribution < 1.29 is 0 Å². The molecule has 0 spiro atoms. The van der Waals surface area contributed by atoms with E-state index in [2.05, 4.69) is 19.2 Å². The molecule has 2 aliphatic rings.